The summed E-state index contributed by atoms with van der Waals surface area (Å²) in [7, 11) is 0. The van der Waals surface area contributed by atoms with Gasteiger partial charge in [0, 0.05) is 53.6 Å². The first-order valence-corrected chi connectivity index (χ1v) is 10.1. The molecule has 6 heteroatoms. The predicted octanol–water partition coefficient (Wildman–Crippen LogP) is 4.78. The van der Waals surface area contributed by atoms with E-state index >= 15 is 0 Å². The molecule has 0 saturated heterocycles. The van der Waals surface area contributed by atoms with Crippen LogP contribution in [0.2, 0.25) is 0 Å². The molecular weight excluding hydrogens is 388 g/mol. The summed E-state index contributed by atoms with van der Waals surface area (Å²) >= 11 is 0. The lowest BCUT2D eigenvalue weighted by Gasteiger charge is -2.18. The minimum Gasteiger partial charge on any atom is -0.361 e. The van der Waals surface area contributed by atoms with Crippen molar-refractivity contribution in [2.75, 3.05) is 6.54 Å². The standard InChI is InChI=1S/C25H20N4O2/c30-25(23-14-24(31-29-23)18-10-12-26-13-11-18)28-15-20(17-6-2-1-3-7-17)21-16-27-22-9-5-4-8-19(21)22/h1-14,16,20,27H,15H2,(H,28,30). The van der Waals surface area contributed by atoms with Crippen molar-refractivity contribution >= 4 is 16.8 Å². The lowest BCUT2D eigenvalue weighted by Crippen LogP contribution is -2.29. The van der Waals surface area contributed by atoms with Crippen molar-refractivity contribution in [3.05, 3.63) is 108 Å². The zero-order chi connectivity index (χ0) is 21.0. The van der Waals surface area contributed by atoms with Crippen LogP contribution in [0.3, 0.4) is 0 Å². The van der Waals surface area contributed by atoms with Gasteiger partial charge in [0.25, 0.3) is 5.91 Å². The van der Waals surface area contributed by atoms with Crippen LogP contribution >= 0.6 is 0 Å². The molecule has 0 fully saturated rings. The summed E-state index contributed by atoms with van der Waals surface area (Å²) in [4.78, 5) is 20.1. The molecule has 1 unspecified atom stereocenters. The molecule has 6 nitrogen and oxygen atoms in total. The molecule has 0 aliphatic rings. The summed E-state index contributed by atoms with van der Waals surface area (Å²) in [6.07, 6.45) is 5.36. The molecular formula is C25H20N4O2. The molecule has 31 heavy (non-hydrogen) atoms. The largest absolute Gasteiger partial charge is 0.361 e. The molecule has 0 radical (unpaired) electrons. The molecule has 0 aliphatic carbocycles. The summed E-state index contributed by atoms with van der Waals surface area (Å²) in [5.74, 6) is 0.251. The molecule has 2 N–H and O–H groups in total. The van der Waals surface area contributed by atoms with Gasteiger partial charge in [0.2, 0.25) is 0 Å². The average Bonchev–Trinajstić information content (AvgIpc) is 3.49. The number of amides is 1. The maximum atomic E-state index is 12.8. The Labute approximate surface area is 178 Å². The third kappa shape index (κ3) is 3.83. The maximum absolute atomic E-state index is 12.8. The lowest BCUT2D eigenvalue weighted by atomic mass is 9.91. The molecule has 1 atom stereocenters. The number of carbonyl (C=O) groups is 1. The molecule has 152 valence electrons. The summed E-state index contributed by atoms with van der Waals surface area (Å²) in [5.41, 5.74) is 4.41. The van der Waals surface area contributed by atoms with Crippen LogP contribution in [0.5, 0.6) is 0 Å². The van der Waals surface area contributed by atoms with Gasteiger partial charge in [-0.1, -0.05) is 53.7 Å². The SMILES string of the molecule is O=C(NCC(c1ccccc1)c1c[nH]c2ccccc12)c1cc(-c2ccncc2)on1. The number of hydrogen-bond acceptors (Lipinski definition) is 4. The van der Waals surface area contributed by atoms with Crippen LogP contribution in [0.4, 0.5) is 0 Å². The minimum absolute atomic E-state index is 0.00660. The van der Waals surface area contributed by atoms with Crippen molar-refractivity contribution in [2.45, 2.75) is 5.92 Å². The number of rotatable bonds is 6. The Morgan fingerprint density at radius 3 is 2.61 bits per heavy atom. The van der Waals surface area contributed by atoms with Gasteiger partial charge in [-0.2, -0.15) is 0 Å². The van der Waals surface area contributed by atoms with Gasteiger partial charge >= 0.3 is 0 Å². The van der Waals surface area contributed by atoms with Crippen molar-refractivity contribution in [3.8, 4) is 11.3 Å². The number of nitrogens with zero attached hydrogens (tertiary/aromatic N) is 2. The Kier molecular flexibility index (Phi) is 5.02. The van der Waals surface area contributed by atoms with E-state index in [2.05, 4.69) is 44.7 Å². The number of H-pyrrole nitrogens is 1. The Morgan fingerprint density at radius 2 is 1.77 bits per heavy atom. The monoisotopic (exact) mass is 408 g/mol. The molecule has 0 aliphatic heterocycles. The Morgan fingerprint density at radius 1 is 1.00 bits per heavy atom. The first-order valence-electron chi connectivity index (χ1n) is 10.1. The third-order valence-corrected chi connectivity index (χ3v) is 5.37. The van der Waals surface area contributed by atoms with E-state index in [9.17, 15) is 4.79 Å². The molecule has 5 rings (SSSR count). The predicted molar refractivity (Wildman–Crippen MR) is 119 cm³/mol. The third-order valence-electron chi connectivity index (χ3n) is 5.37. The Hall–Kier alpha value is -4.19. The number of hydrogen-bond donors (Lipinski definition) is 2. The van der Waals surface area contributed by atoms with Crippen LogP contribution < -0.4 is 5.32 Å². The lowest BCUT2D eigenvalue weighted by molar-refractivity contribution is 0.0943. The number of aromatic amines is 1. The van der Waals surface area contributed by atoms with Gasteiger partial charge in [0.05, 0.1) is 0 Å². The fourth-order valence-electron chi connectivity index (χ4n) is 3.79. The van der Waals surface area contributed by atoms with Gasteiger partial charge in [0.1, 0.15) is 0 Å². The van der Waals surface area contributed by atoms with Crippen molar-refractivity contribution < 1.29 is 9.32 Å². The first kappa shape index (κ1) is 18.8. The minimum atomic E-state index is -0.273. The Balaban J connectivity index is 1.39. The molecule has 3 aromatic heterocycles. The van der Waals surface area contributed by atoms with Crippen LogP contribution in [0.1, 0.15) is 27.5 Å². The molecule has 0 spiro atoms. The van der Waals surface area contributed by atoms with Gasteiger partial charge < -0.3 is 14.8 Å². The second kappa shape index (κ2) is 8.28. The van der Waals surface area contributed by atoms with Crippen molar-refractivity contribution in [1.29, 1.82) is 0 Å². The number of pyridine rings is 1. The summed E-state index contributed by atoms with van der Waals surface area (Å²) < 4.78 is 5.35. The fourth-order valence-corrected chi connectivity index (χ4v) is 3.79. The van der Waals surface area contributed by atoms with E-state index < -0.39 is 0 Å². The summed E-state index contributed by atoms with van der Waals surface area (Å²) in [6.45, 7) is 0.433. The molecule has 5 aromatic rings. The molecule has 2 aromatic carbocycles. The number of benzene rings is 2. The normalized spacial score (nSPS) is 12.0. The number of para-hydroxylation sites is 1. The highest BCUT2D eigenvalue weighted by Gasteiger charge is 2.20. The zero-order valence-corrected chi connectivity index (χ0v) is 16.7. The summed E-state index contributed by atoms with van der Waals surface area (Å²) in [6, 6.07) is 23.6. The van der Waals surface area contributed by atoms with Gasteiger partial charge in [-0.25, -0.2) is 0 Å². The van der Waals surface area contributed by atoms with Crippen LogP contribution in [0, 0.1) is 0 Å². The number of fused-ring (bicyclic) bond motifs is 1. The smallest absolute Gasteiger partial charge is 0.273 e. The van der Waals surface area contributed by atoms with E-state index in [0.29, 0.717) is 12.3 Å². The highest BCUT2D eigenvalue weighted by atomic mass is 16.5. The van der Waals surface area contributed by atoms with E-state index in [0.717, 1.165) is 27.6 Å². The first-order chi connectivity index (χ1) is 15.3. The van der Waals surface area contributed by atoms with Gasteiger partial charge in [-0.3, -0.25) is 9.78 Å². The van der Waals surface area contributed by atoms with Crippen molar-refractivity contribution in [2.24, 2.45) is 0 Å². The van der Waals surface area contributed by atoms with Crippen LogP contribution in [0.15, 0.2) is 95.9 Å². The second-order valence-electron chi connectivity index (χ2n) is 7.28. The zero-order valence-electron chi connectivity index (χ0n) is 16.7. The van der Waals surface area contributed by atoms with Gasteiger partial charge in [0.15, 0.2) is 11.5 Å². The summed E-state index contributed by atoms with van der Waals surface area (Å²) in [5, 5.41) is 8.12. The highest BCUT2D eigenvalue weighted by molar-refractivity contribution is 5.93. The fraction of sp³-hybridized carbons (Fsp3) is 0.0800. The number of carbonyl (C=O) groups excluding carboxylic acids is 1. The van der Waals surface area contributed by atoms with Crippen molar-refractivity contribution in [3.63, 3.8) is 0 Å². The quantitative estimate of drug-likeness (QED) is 0.423. The van der Waals surface area contributed by atoms with Gasteiger partial charge in [-0.15, -0.1) is 0 Å². The Bertz CT molecular complexity index is 1310. The van der Waals surface area contributed by atoms with E-state index in [4.69, 9.17) is 4.52 Å². The molecule has 0 saturated carbocycles. The van der Waals surface area contributed by atoms with E-state index in [1.54, 1.807) is 18.5 Å². The average molecular weight is 408 g/mol. The number of nitrogens with one attached hydrogen (secondary N) is 2. The maximum Gasteiger partial charge on any atom is 0.273 e. The van der Waals surface area contributed by atoms with E-state index in [1.807, 2.05) is 48.7 Å². The second-order valence-corrected chi connectivity index (χ2v) is 7.28. The van der Waals surface area contributed by atoms with Crippen LogP contribution in [-0.2, 0) is 0 Å². The van der Waals surface area contributed by atoms with Gasteiger partial charge in [-0.05, 0) is 29.3 Å². The van der Waals surface area contributed by atoms with E-state index in [-0.39, 0.29) is 17.5 Å². The highest BCUT2D eigenvalue weighted by Crippen LogP contribution is 2.30. The van der Waals surface area contributed by atoms with Crippen LogP contribution in [0.25, 0.3) is 22.2 Å². The van der Waals surface area contributed by atoms with E-state index in [1.165, 1.54) is 0 Å². The van der Waals surface area contributed by atoms with Crippen molar-refractivity contribution in [1.82, 2.24) is 20.4 Å². The molecule has 1 amide bonds. The number of aromatic nitrogens is 3. The molecule has 3 heterocycles. The van der Waals surface area contributed by atoms with Crippen LogP contribution in [-0.4, -0.2) is 27.6 Å². The topological polar surface area (TPSA) is 83.8 Å². The molecule has 0 bridgehead atoms.